The Kier molecular flexibility index (Phi) is 8.84. The predicted octanol–water partition coefficient (Wildman–Crippen LogP) is 3.95. The van der Waals surface area contributed by atoms with Gasteiger partial charge in [-0.25, -0.2) is 4.98 Å². The molecule has 2 N–H and O–H groups in total. The molecule has 0 aliphatic carbocycles. The predicted molar refractivity (Wildman–Crippen MR) is 67.8 cm³/mol. The molecule has 0 amide bonds. The first-order valence-corrected chi connectivity index (χ1v) is 5.89. The van der Waals surface area contributed by atoms with Gasteiger partial charge in [-0.05, 0) is 18.6 Å². The highest BCUT2D eigenvalue weighted by Gasteiger charge is 1.86. The molecule has 1 aromatic heterocycles. The van der Waals surface area contributed by atoms with Crippen LogP contribution >= 0.6 is 0 Å². The number of pyridine rings is 1. The van der Waals surface area contributed by atoms with Gasteiger partial charge in [-0.1, -0.05) is 52.0 Å². The number of aryl methyl sites for hydroxylation is 1. The average Bonchev–Trinajstić information content (AvgIpc) is 2.24. The fraction of sp³-hybridized carbons (Fsp3) is 0.615. The van der Waals surface area contributed by atoms with Crippen molar-refractivity contribution in [2.75, 3.05) is 5.73 Å². The minimum atomic E-state index is 0.618. The first kappa shape index (κ1) is 13.9. The van der Waals surface area contributed by atoms with Crippen LogP contribution in [0.25, 0.3) is 0 Å². The zero-order valence-corrected chi connectivity index (χ0v) is 10.3. The number of rotatable bonds is 4. The molecule has 0 saturated heterocycles. The molecule has 86 valence electrons. The van der Waals surface area contributed by atoms with Crippen LogP contribution in [0.5, 0.6) is 0 Å². The molecule has 1 rings (SSSR count). The summed E-state index contributed by atoms with van der Waals surface area (Å²) in [6.45, 7) is 6.42. The van der Waals surface area contributed by atoms with Crippen LogP contribution in [0, 0.1) is 6.92 Å². The highest BCUT2D eigenvalue weighted by Crippen LogP contribution is 2.02. The number of anilines is 1. The average molecular weight is 208 g/mol. The van der Waals surface area contributed by atoms with E-state index in [1.165, 1.54) is 32.1 Å². The fourth-order valence-corrected chi connectivity index (χ4v) is 1.17. The maximum atomic E-state index is 5.41. The van der Waals surface area contributed by atoms with Crippen LogP contribution in [0.3, 0.4) is 0 Å². The van der Waals surface area contributed by atoms with E-state index in [4.69, 9.17) is 5.73 Å². The molecule has 0 radical (unpaired) electrons. The standard InChI is InChI=1S/C7H16.C6H8N2/c1-3-5-7-6-4-2;1-5-3-2-4-8-6(5)7/h3-7H2,1-2H3;2-4H,1H3,(H2,7,8). The molecule has 15 heavy (non-hydrogen) atoms. The van der Waals surface area contributed by atoms with E-state index in [0.29, 0.717) is 5.82 Å². The van der Waals surface area contributed by atoms with Gasteiger partial charge >= 0.3 is 0 Å². The number of hydrogen-bond acceptors (Lipinski definition) is 2. The molecular weight excluding hydrogens is 184 g/mol. The van der Waals surface area contributed by atoms with Gasteiger partial charge < -0.3 is 5.73 Å². The number of unbranched alkanes of at least 4 members (excludes halogenated alkanes) is 4. The molecular formula is C13H24N2. The molecule has 2 nitrogen and oxygen atoms in total. The quantitative estimate of drug-likeness (QED) is 0.761. The summed E-state index contributed by atoms with van der Waals surface area (Å²) in [5, 5.41) is 0. The van der Waals surface area contributed by atoms with E-state index >= 15 is 0 Å². The lowest BCUT2D eigenvalue weighted by atomic mass is 10.2. The Morgan fingerprint density at radius 1 is 1.13 bits per heavy atom. The van der Waals surface area contributed by atoms with Gasteiger partial charge in [0.15, 0.2) is 0 Å². The molecule has 1 heterocycles. The van der Waals surface area contributed by atoms with Crippen molar-refractivity contribution >= 4 is 5.82 Å². The maximum absolute atomic E-state index is 5.41. The zero-order valence-electron chi connectivity index (χ0n) is 10.3. The van der Waals surface area contributed by atoms with Crippen molar-refractivity contribution in [1.29, 1.82) is 0 Å². The normalized spacial score (nSPS) is 9.27. The Morgan fingerprint density at radius 3 is 2.07 bits per heavy atom. The number of nitrogens with zero attached hydrogens (tertiary/aromatic N) is 1. The van der Waals surface area contributed by atoms with Crippen molar-refractivity contribution in [3.8, 4) is 0 Å². The van der Waals surface area contributed by atoms with Crippen LogP contribution in [0.4, 0.5) is 5.82 Å². The van der Waals surface area contributed by atoms with Crippen LogP contribution < -0.4 is 5.73 Å². The largest absolute Gasteiger partial charge is 0.383 e. The number of nitrogen functional groups attached to an aromatic ring is 1. The highest BCUT2D eigenvalue weighted by atomic mass is 14.8. The summed E-state index contributed by atoms with van der Waals surface area (Å²) in [4.78, 5) is 3.86. The molecule has 0 unspecified atom stereocenters. The molecule has 1 aromatic rings. The van der Waals surface area contributed by atoms with Crippen LogP contribution in [0.1, 0.15) is 51.5 Å². The molecule has 0 aliphatic heterocycles. The summed E-state index contributed by atoms with van der Waals surface area (Å²) in [6, 6.07) is 3.80. The third kappa shape index (κ3) is 7.98. The monoisotopic (exact) mass is 208 g/mol. The van der Waals surface area contributed by atoms with Crippen molar-refractivity contribution in [1.82, 2.24) is 4.98 Å². The van der Waals surface area contributed by atoms with Gasteiger partial charge in [0.05, 0.1) is 0 Å². The minimum absolute atomic E-state index is 0.618. The topological polar surface area (TPSA) is 38.9 Å². The van der Waals surface area contributed by atoms with Gasteiger partial charge in [-0.15, -0.1) is 0 Å². The molecule has 0 fully saturated rings. The smallest absolute Gasteiger partial charge is 0.126 e. The van der Waals surface area contributed by atoms with Gasteiger partial charge in [-0.3, -0.25) is 0 Å². The van der Waals surface area contributed by atoms with Gasteiger partial charge in [0.1, 0.15) is 5.82 Å². The second-order valence-electron chi connectivity index (χ2n) is 3.77. The lowest BCUT2D eigenvalue weighted by molar-refractivity contribution is 0.656. The molecule has 0 bridgehead atoms. The highest BCUT2D eigenvalue weighted by molar-refractivity contribution is 5.36. The van der Waals surface area contributed by atoms with Crippen LogP contribution in [0.2, 0.25) is 0 Å². The Balaban J connectivity index is 0.000000265. The van der Waals surface area contributed by atoms with Crippen LogP contribution in [0.15, 0.2) is 18.3 Å². The third-order valence-electron chi connectivity index (χ3n) is 2.26. The molecule has 0 spiro atoms. The first-order chi connectivity index (χ1) is 7.22. The lowest BCUT2D eigenvalue weighted by Gasteiger charge is -1.92. The van der Waals surface area contributed by atoms with E-state index in [1.54, 1.807) is 6.20 Å². The van der Waals surface area contributed by atoms with E-state index in [-0.39, 0.29) is 0 Å². The van der Waals surface area contributed by atoms with E-state index < -0.39 is 0 Å². The first-order valence-electron chi connectivity index (χ1n) is 5.89. The summed E-state index contributed by atoms with van der Waals surface area (Å²) < 4.78 is 0. The van der Waals surface area contributed by atoms with E-state index in [0.717, 1.165) is 5.56 Å². The summed E-state index contributed by atoms with van der Waals surface area (Å²) in [5.74, 6) is 0.618. The Bertz CT molecular complexity index is 221. The zero-order chi connectivity index (χ0) is 11.5. The number of nitrogens with two attached hydrogens (primary N) is 1. The maximum Gasteiger partial charge on any atom is 0.126 e. The molecule has 0 atom stereocenters. The van der Waals surface area contributed by atoms with Gasteiger partial charge in [-0.2, -0.15) is 0 Å². The van der Waals surface area contributed by atoms with Gasteiger partial charge in [0, 0.05) is 6.20 Å². The van der Waals surface area contributed by atoms with Crippen molar-refractivity contribution < 1.29 is 0 Å². The van der Waals surface area contributed by atoms with Gasteiger partial charge in [0.25, 0.3) is 0 Å². The van der Waals surface area contributed by atoms with Crippen LogP contribution in [-0.2, 0) is 0 Å². The van der Waals surface area contributed by atoms with Crippen molar-refractivity contribution in [3.63, 3.8) is 0 Å². The van der Waals surface area contributed by atoms with E-state index in [1.807, 2.05) is 19.1 Å². The number of aromatic nitrogens is 1. The van der Waals surface area contributed by atoms with Crippen molar-refractivity contribution in [2.45, 2.75) is 52.9 Å². The molecule has 2 heteroatoms. The second-order valence-corrected chi connectivity index (χ2v) is 3.77. The van der Waals surface area contributed by atoms with Crippen molar-refractivity contribution in [2.24, 2.45) is 0 Å². The summed E-state index contributed by atoms with van der Waals surface area (Å²) in [6.07, 6.45) is 8.69. The SMILES string of the molecule is CCCCCCC.Cc1cccnc1N. The van der Waals surface area contributed by atoms with Gasteiger partial charge in [0.2, 0.25) is 0 Å². The molecule has 0 aliphatic rings. The summed E-state index contributed by atoms with van der Waals surface area (Å²) in [7, 11) is 0. The summed E-state index contributed by atoms with van der Waals surface area (Å²) in [5.41, 5.74) is 6.44. The molecule has 0 saturated carbocycles. The molecule has 0 aromatic carbocycles. The Morgan fingerprint density at radius 2 is 1.73 bits per heavy atom. The summed E-state index contributed by atoms with van der Waals surface area (Å²) >= 11 is 0. The van der Waals surface area contributed by atoms with Crippen molar-refractivity contribution in [3.05, 3.63) is 23.9 Å². The Labute approximate surface area is 93.9 Å². The fourth-order valence-electron chi connectivity index (χ4n) is 1.17. The Hall–Kier alpha value is -1.05. The minimum Gasteiger partial charge on any atom is -0.383 e. The second kappa shape index (κ2) is 9.50. The van der Waals surface area contributed by atoms with E-state index in [9.17, 15) is 0 Å². The third-order valence-corrected chi connectivity index (χ3v) is 2.26. The van der Waals surface area contributed by atoms with E-state index in [2.05, 4.69) is 18.8 Å². The van der Waals surface area contributed by atoms with Crippen LogP contribution in [-0.4, -0.2) is 4.98 Å². The number of hydrogen-bond donors (Lipinski definition) is 1. The lowest BCUT2D eigenvalue weighted by Crippen LogP contribution is -1.90.